The lowest BCUT2D eigenvalue weighted by Gasteiger charge is -2.34. The highest BCUT2D eigenvalue weighted by Gasteiger charge is 2.40. The van der Waals surface area contributed by atoms with E-state index in [2.05, 4.69) is 25.4 Å². The van der Waals surface area contributed by atoms with Gasteiger partial charge in [0.05, 0.1) is 17.2 Å². The lowest BCUT2D eigenvalue weighted by atomic mass is 9.89. The van der Waals surface area contributed by atoms with Gasteiger partial charge in [0.15, 0.2) is 5.82 Å². The number of benzene rings is 1. The van der Waals surface area contributed by atoms with Crippen molar-refractivity contribution < 1.29 is 14.1 Å². The summed E-state index contributed by atoms with van der Waals surface area (Å²) in [5.74, 6) is 0.132. The molecule has 4 rings (SSSR count). The first kappa shape index (κ1) is 14.7. The Balaban J connectivity index is 1.65. The Morgan fingerprint density at radius 2 is 1.92 bits per heavy atom. The molecule has 1 N–H and O–H groups in total. The van der Waals surface area contributed by atoms with E-state index < -0.39 is 5.54 Å². The molecule has 1 fully saturated rings. The Morgan fingerprint density at radius 1 is 1.12 bits per heavy atom. The Hall–Kier alpha value is -2.87. The zero-order valence-electron chi connectivity index (χ0n) is 12.8. The van der Waals surface area contributed by atoms with Crippen molar-refractivity contribution in [3.05, 3.63) is 48.4 Å². The van der Waals surface area contributed by atoms with Gasteiger partial charge in [-0.05, 0) is 12.1 Å². The van der Waals surface area contributed by atoms with E-state index in [1.807, 2.05) is 24.3 Å². The number of para-hydroxylation sites is 2. The molecule has 24 heavy (non-hydrogen) atoms. The summed E-state index contributed by atoms with van der Waals surface area (Å²) in [7, 11) is 0. The van der Waals surface area contributed by atoms with Crippen molar-refractivity contribution in [3.63, 3.8) is 0 Å². The summed E-state index contributed by atoms with van der Waals surface area (Å²) in [4.78, 5) is 25.5. The first-order valence-corrected chi connectivity index (χ1v) is 7.66. The van der Waals surface area contributed by atoms with E-state index in [0.29, 0.717) is 37.4 Å². The topological polar surface area (TPSA) is 103 Å². The third-order valence-corrected chi connectivity index (χ3v) is 4.17. The molecule has 0 atom stereocenters. The van der Waals surface area contributed by atoms with Crippen LogP contribution in [-0.4, -0.2) is 39.2 Å². The number of hydrogen-bond acceptors (Lipinski definition) is 7. The van der Waals surface area contributed by atoms with Crippen molar-refractivity contribution in [2.24, 2.45) is 0 Å². The summed E-state index contributed by atoms with van der Waals surface area (Å²) in [5, 5.41) is 6.93. The number of hydrogen-bond donors (Lipinski definition) is 1. The molecular formula is C16H15N5O3. The fourth-order valence-corrected chi connectivity index (χ4v) is 2.85. The summed E-state index contributed by atoms with van der Waals surface area (Å²) >= 11 is 0. The minimum Gasteiger partial charge on any atom is -0.381 e. The van der Waals surface area contributed by atoms with E-state index in [0.717, 1.165) is 5.52 Å². The fourth-order valence-electron chi connectivity index (χ4n) is 2.85. The molecule has 3 aromatic rings. The van der Waals surface area contributed by atoms with Crippen LogP contribution in [0.2, 0.25) is 0 Å². The number of amides is 1. The molecule has 8 nitrogen and oxygen atoms in total. The highest BCUT2D eigenvalue weighted by Crippen LogP contribution is 2.30. The summed E-state index contributed by atoms with van der Waals surface area (Å²) < 4.78 is 10.3. The van der Waals surface area contributed by atoms with E-state index in [9.17, 15) is 4.79 Å². The number of ether oxygens (including phenoxy) is 1. The molecule has 0 spiro atoms. The second kappa shape index (κ2) is 5.97. The fraction of sp³-hybridized carbons (Fsp3) is 0.312. The van der Waals surface area contributed by atoms with Gasteiger partial charge in [-0.15, -0.1) is 0 Å². The Morgan fingerprint density at radius 3 is 2.67 bits per heavy atom. The number of rotatable bonds is 3. The molecule has 0 aliphatic carbocycles. The van der Waals surface area contributed by atoms with Gasteiger partial charge < -0.3 is 14.6 Å². The van der Waals surface area contributed by atoms with Gasteiger partial charge in [-0.1, -0.05) is 17.3 Å². The molecule has 122 valence electrons. The third-order valence-electron chi connectivity index (χ3n) is 4.17. The third kappa shape index (κ3) is 2.61. The van der Waals surface area contributed by atoms with Gasteiger partial charge in [0.25, 0.3) is 5.91 Å². The molecule has 0 bridgehead atoms. The van der Waals surface area contributed by atoms with Crippen molar-refractivity contribution in [3.8, 4) is 0 Å². The number of fused-ring (bicyclic) bond motifs is 1. The van der Waals surface area contributed by atoms with Gasteiger partial charge in [-0.25, -0.2) is 4.98 Å². The molecule has 1 aromatic carbocycles. The first-order valence-electron chi connectivity index (χ1n) is 7.66. The smallest absolute Gasteiger partial charge is 0.272 e. The van der Waals surface area contributed by atoms with Crippen LogP contribution >= 0.6 is 0 Å². The molecule has 1 aliphatic heterocycles. The van der Waals surface area contributed by atoms with Crippen molar-refractivity contribution in [2.45, 2.75) is 18.4 Å². The van der Waals surface area contributed by atoms with E-state index >= 15 is 0 Å². The van der Waals surface area contributed by atoms with Crippen molar-refractivity contribution in [1.82, 2.24) is 25.4 Å². The zero-order valence-corrected chi connectivity index (χ0v) is 12.8. The van der Waals surface area contributed by atoms with Gasteiger partial charge in [0, 0.05) is 26.1 Å². The van der Waals surface area contributed by atoms with Gasteiger partial charge in [-0.3, -0.25) is 9.78 Å². The minimum atomic E-state index is -0.713. The monoisotopic (exact) mass is 325 g/mol. The zero-order chi connectivity index (χ0) is 16.4. The summed E-state index contributed by atoms with van der Waals surface area (Å²) in [6.45, 7) is 1.02. The summed E-state index contributed by atoms with van der Waals surface area (Å²) in [6.07, 6.45) is 3.87. The van der Waals surface area contributed by atoms with Crippen LogP contribution in [0.25, 0.3) is 11.0 Å². The highest BCUT2D eigenvalue weighted by atomic mass is 16.5. The average Bonchev–Trinajstić information content (AvgIpc) is 3.17. The van der Waals surface area contributed by atoms with Crippen LogP contribution in [0.5, 0.6) is 0 Å². The van der Waals surface area contributed by atoms with Gasteiger partial charge in [0.1, 0.15) is 11.2 Å². The standard InChI is InChI=1S/C16H15N5O3/c22-14(13-9-17-11-3-1-2-4-12(11)19-13)20-16(5-7-23-8-6-16)15-18-10-24-21-15/h1-4,9-10H,5-8H2,(H,20,22). The number of carbonyl (C=O) groups excluding carboxylic acids is 1. The molecule has 2 aromatic heterocycles. The van der Waals surface area contributed by atoms with Crippen molar-refractivity contribution in [2.75, 3.05) is 13.2 Å². The van der Waals surface area contributed by atoms with Gasteiger partial charge in [0.2, 0.25) is 6.39 Å². The maximum atomic E-state index is 12.7. The van der Waals surface area contributed by atoms with Gasteiger partial charge in [-0.2, -0.15) is 4.98 Å². The highest BCUT2D eigenvalue weighted by molar-refractivity contribution is 5.94. The predicted octanol–water partition coefficient (Wildman–Crippen LogP) is 1.45. The van der Waals surface area contributed by atoms with Crippen molar-refractivity contribution >= 4 is 16.9 Å². The average molecular weight is 325 g/mol. The van der Waals surface area contributed by atoms with Crippen LogP contribution in [-0.2, 0) is 10.3 Å². The Labute approximate surface area is 137 Å². The molecule has 1 aliphatic rings. The SMILES string of the molecule is O=C(NC1(c2ncon2)CCOCC1)c1cnc2ccccc2n1. The van der Waals surface area contributed by atoms with E-state index in [-0.39, 0.29) is 11.6 Å². The maximum Gasteiger partial charge on any atom is 0.272 e. The summed E-state index contributed by atoms with van der Waals surface area (Å²) in [5.41, 5.74) is 0.956. The summed E-state index contributed by atoms with van der Waals surface area (Å²) in [6, 6.07) is 7.41. The predicted molar refractivity (Wildman–Crippen MR) is 83.0 cm³/mol. The molecule has 0 unspecified atom stereocenters. The minimum absolute atomic E-state index is 0.253. The normalized spacial score (nSPS) is 16.8. The van der Waals surface area contributed by atoms with E-state index in [1.54, 1.807) is 0 Å². The Bertz CT molecular complexity index is 859. The van der Waals surface area contributed by atoms with E-state index in [1.165, 1.54) is 12.6 Å². The first-order chi connectivity index (χ1) is 11.8. The van der Waals surface area contributed by atoms with Crippen LogP contribution < -0.4 is 5.32 Å². The quantitative estimate of drug-likeness (QED) is 0.777. The molecular weight excluding hydrogens is 310 g/mol. The number of nitrogens with one attached hydrogen (secondary N) is 1. The van der Waals surface area contributed by atoms with Crippen LogP contribution in [0, 0.1) is 0 Å². The maximum absolute atomic E-state index is 12.7. The molecule has 8 heteroatoms. The van der Waals surface area contributed by atoms with Crippen LogP contribution in [0.3, 0.4) is 0 Å². The second-order valence-electron chi connectivity index (χ2n) is 5.65. The van der Waals surface area contributed by atoms with Crippen LogP contribution in [0.1, 0.15) is 29.2 Å². The largest absolute Gasteiger partial charge is 0.381 e. The second-order valence-corrected chi connectivity index (χ2v) is 5.65. The number of aromatic nitrogens is 4. The van der Waals surface area contributed by atoms with Crippen molar-refractivity contribution in [1.29, 1.82) is 0 Å². The van der Waals surface area contributed by atoms with E-state index in [4.69, 9.17) is 9.26 Å². The molecule has 3 heterocycles. The number of carbonyl (C=O) groups is 1. The number of nitrogens with zero attached hydrogens (tertiary/aromatic N) is 4. The molecule has 0 saturated carbocycles. The Kier molecular flexibility index (Phi) is 3.66. The van der Waals surface area contributed by atoms with Gasteiger partial charge >= 0.3 is 0 Å². The molecule has 1 saturated heterocycles. The van der Waals surface area contributed by atoms with Crippen LogP contribution in [0.4, 0.5) is 0 Å². The van der Waals surface area contributed by atoms with Crippen LogP contribution in [0.15, 0.2) is 41.4 Å². The molecule has 0 radical (unpaired) electrons. The lowest BCUT2D eigenvalue weighted by molar-refractivity contribution is 0.0304. The lowest BCUT2D eigenvalue weighted by Crippen LogP contribution is -2.50. The molecule has 1 amide bonds.